The van der Waals surface area contributed by atoms with Crippen molar-refractivity contribution < 1.29 is 0 Å². The normalized spacial score (nSPS) is 11.7. The fourth-order valence-corrected chi connectivity index (χ4v) is 2.73. The van der Waals surface area contributed by atoms with E-state index < -0.39 is 0 Å². The molecular formula is C16H31N5S. The second kappa shape index (κ2) is 11.4. The molecule has 22 heavy (non-hydrogen) atoms. The maximum atomic E-state index is 4.63. The second-order valence-corrected chi connectivity index (χ2v) is 6.38. The van der Waals surface area contributed by atoms with Crippen LogP contribution in [0.2, 0.25) is 0 Å². The Kier molecular flexibility index (Phi) is 9.79. The van der Waals surface area contributed by atoms with Crippen molar-refractivity contribution in [3.8, 4) is 0 Å². The molecular weight excluding hydrogens is 294 g/mol. The SMILES string of the molecule is CCNC(=NCCCn1nc(C)cc1C)NCCCCSC. The Balaban J connectivity index is 2.27. The van der Waals surface area contributed by atoms with E-state index in [0.717, 1.165) is 44.3 Å². The molecule has 6 heteroatoms. The van der Waals surface area contributed by atoms with E-state index in [2.05, 4.69) is 51.6 Å². The lowest BCUT2D eigenvalue weighted by molar-refractivity contribution is 0.567. The van der Waals surface area contributed by atoms with Crippen molar-refractivity contribution in [3.63, 3.8) is 0 Å². The zero-order chi connectivity index (χ0) is 16.2. The number of unbranched alkanes of at least 4 members (excludes halogenated alkanes) is 1. The first kappa shape index (κ1) is 18.9. The molecule has 1 rings (SSSR count). The average Bonchev–Trinajstić information content (AvgIpc) is 2.81. The number of hydrogen-bond donors (Lipinski definition) is 2. The van der Waals surface area contributed by atoms with Gasteiger partial charge in [0.05, 0.1) is 5.69 Å². The third kappa shape index (κ3) is 7.73. The van der Waals surface area contributed by atoms with E-state index in [0.29, 0.717) is 0 Å². The monoisotopic (exact) mass is 325 g/mol. The van der Waals surface area contributed by atoms with Crippen LogP contribution in [0, 0.1) is 13.8 Å². The topological polar surface area (TPSA) is 54.2 Å². The molecule has 0 bridgehead atoms. The van der Waals surface area contributed by atoms with E-state index >= 15 is 0 Å². The van der Waals surface area contributed by atoms with Crippen LogP contribution in [0.3, 0.4) is 0 Å². The summed E-state index contributed by atoms with van der Waals surface area (Å²) in [6.07, 6.45) is 5.61. The largest absolute Gasteiger partial charge is 0.357 e. The van der Waals surface area contributed by atoms with Gasteiger partial charge in [-0.2, -0.15) is 16.9 Å². The smallest absolute Gasteiger partial charge is 0.191 e. The summed E-state index contributed by atoms with van der Waals surface area (Å²) in [7, 11) is 0. The summed E-state index contributed by atoms with van der Waals surface area (Å²) in [6, 6.07) is 2.11. The minimum atomic E-state index is 0.818. The van der Waals surface area contributed by atoms with Crippen molar-refractivity contribution in [2.75, 3.05) is 31.6 Å². The van der Waals surface area contributed by atoms with Gasteiger partial charge in [0.25, 0.3) is 0 Å². The van der Waals surface area contributed by atoms with Crippen molar-refractivity contribution in [2.45, 2.75) is 46.6 Å². The van der Waals surface area contributed by atoms with E-state index in [1.807, 2.05) is 18.7 Å². The molecule has 0 aliphatic heterocycles. The summed E-state index contributed by atoms with van der Waals surface area (Å²) >= 11 is 1.91. The zero-order valence-electron chi connectivity index (χ0n) is 14.5. The Morgan fingerprint density at radius 2 is 2.09 bits per heavy atom. The molecule has 1 heterocycles. The molecule has 0 unspecified atom stereocenters. The predicted molar refractivity (Wildman–Crippen MR) is 97.9 cm³/mol. The molecule has 2 N–H and O–H groups in total. The number of aryl methyl sites for hydroxylation is 3. The number of aromatic nitrogens is 2. The highest BCUT2D eigenvalue weighted by molar-refractivity contribution is 7.98. The molecule has 0 saturated carbocycles. The Bertz CT molecular complexity index is 442. The fraction of sp³-hybridized carbons (Fsp3) is 0.750. The van der Waals surface area contributed by atoms with Gasteiger partial charge in [0.15, 0.2) is 5.96 Å². The van der Waals surface area contributed by atoms with Gasteiger partial charge in [-0.3, -0.25) is 9.67 Å². The van der Waals surface area contributed by atoms with Crippen LogP contribution < -0.4 is 10.6 Å². The minimum Gasteiger partial charge on any atom is -0.357 e. The quantitative estimate of drug-likeness (QED) is 0.394. The second-order valence-electron chi connectivity index (χ2n) is 5.39. The third-order valence-electron chi connectivity index (χ3n) is 3.31. The highest BCUT2D eigenvalue weighted by atomic mass is 32.2. The lowest BCUT2D eigenvalue weighted by Crippen LogP contribution is -2.38. The Labute approximate surface area is 139 Å². The number of thioether (sulfide) groups is 1. The van der Waals surface area contributed by atoms with Crippen molar-refractivity contribution in [2.24, 2.45) is 4.99 Å². The van der Waals surface area contributed by atoms with Crippen LogP contribution >= 0.6 is 11.8 Å². The van der Waals surface area contributed by atoms with Gasteiger partial charge in [0, 0.05) is 31.9 Å². The van der Waals surface area contributed by atoms with Gasteiger partial charge < -0.3 is 10.6 Å². The first-order valence-electron chi connectivity index (χ1n) is 8.19. The van der Waals surface area contributed by atoms with E-state index in [-0.39, 0.29) is 0 Å². The summed E-state index contributed by atoms with van der Waals surface area (Å²) in [5.74, 6) is 2.16. The first-order chi connectivity index (χ1) is 10.7. The molecule has 5 nitrogen and oxygen atoms in total. The van der Waals surface area contributed by atoms with E-state index in [4.69, 9.17) is 0 Å². The minimum absolute atomic E-state index is 0.818. The van der Waals surface area contributed by atoms with Crippen molar-refractivity contribution in [1.29, 1.82) is 0 Å². The van der Waals surface area contributed by atoms with Gasteiger partial charge in [-0.25, -0.2) is 0 Å². The molecule has 0 aliphatic carbocycles. The molecule has 0 saturated heterocycles. The number of guanidine groups is 1. The number of nitrogens with one attached hydrogen (secondary N) is 2. The number of aliphatic imine (C=N–C) groups is 1. The van der Waals surface area contributed by atoms with Gasteiger partial charge in [-0.05, 0) is 58.1 Å². The number of nitrogens with zero attached hydrogens (tertiary/aromatic N) is 3. The molecule has 1 aromatic heterocycles. The van der Waals surface area contributed by atoms with Gasteiger partial charge in [0.1, 0.15) is 0 Å². The van der Waals surface area contributed by atoms with Gasteiger partial charge >= 0.3 is 0 Å². The van der Waals surface area contributed by atoms with Crippen LogP contribution in [0.4, 0.5) is 0 Å². The zero-order valence-corrected chi connectivity index (χ0v) is 15.3. The molecule has 0 aromatic carbocycles. The Morgan fingerprint density at radius 3 is 2.73 bits per heavy atom. The summed E-state index contributed by atoms with van der Waals surface area (Å²) < 4.78 is 2.06. The van der Waals surface area contributed by atoms with Crippen LogP contribution in [0.25, 0.3) is 0 Å². The molecule has 0 amide bonds. The maximum absolute atomic E-state index is 4.63. The van der Waals surface area contributed by atoms with Gasteiger partial charge in [0.2, 0.25) is 0 Å². The standard InChI is InChI=1S/C16H31N5S/c1-5-17-16(18-9-6-7-12-22-4)19-10-8-11-21-15(3)13-14(2)20-21/h13H,5-12H2,1-4H3,(H2,17,18,19). The van der Waals surface area contributed by atoms with E-state index in [1.165, 1.54) is 24.3 Å². The number of hydrogen-bond acceptors (Lipinski definition) is 3. The molecule has 0 radical (unpaired) electrons. The highest BCUT2D eigenvalue weighted by Gasteiger charge is 2.00. The van der Waals surface area contributed by atoms with Crippen molar-refractivity contribution in [1.82, 2.24) is 20.4 Å². The summed E-state index contributed by atoms with van der Waals surface area (Å²) in [4.78, 5) is 4.63. The van der Waals surface area contributed by atoms with Crippen LogP contribution in [0.5, 0.6) is 0 Å². The van der Waals surface area contributed by atoms with Crippen molar-refractivity contribution >= 4 is 17.7 Å². The highest BCUT2D eigenvalue weighted by Crippen LogP contribution is 2.02. The molecule has 0 spiro atoms. The lowest BCUT2D eigenvalue weighted by Gasteiger charge is -2.11. The van der Waals surface area contributed by atoms with Crippen molar-refractivity contribution in [3.05, 3.63) is 17.5 Å². The molecule has 0 aliphatic rings. The molecule has 0 fully saturated rings. The first-order valence-corrected chi connectivity index (χ1v) is 9.59. The van der Waals surface area contributed by atoms with Crippen LogP contribution in [0.15, 0.2) is 11.1 Å². The molecule has 126 valence electrons. The number of rotatable bonds is 10. The lowest BCUT2D eigenvalue weighted by atomic mass is 10.3. The molecule has 1 aromatic rings. The maximum Gasteiger partial charge on any atom is 0.191 e. The van der Waals surface area contributed by atoms with Crippen LogP contribution in [-0.2, 0) is 6.54 Å². The summed E-state index contributed by atoms with van der Waals surface area (Å²) in [6.45, 7) is 9.86. The summed E-state index contributed by atoms with van der Waals surface area (Å²) in [5, 5.41) is 11.2. The average molecular weight is 326 g/mol. The molecule has 0 atom stereocenters. The van der Waals surface area contributed by atoms with Crippen LogP contribution in [-0.4, -0.2) is 47.4 Å². The van der Waals surface area contributed by atoms with Crippen LogP contribution in [0.1, 0.15) is 37.6 Å². The Hall–Kier alpha value is -1.17. The van der Waals surface area contributed by atoms with E-state index in [9.17, 15) is 0 Å². The summed E-state index contributed by atoms with van der Waals surface area (Å²) in [5.41, 5.74) is 2.31. The van der Waals surface area contributed by atoms with E-state index in [1.54, 1.807) is 0 Å². The van der Waals surface area contributed by atoms with Gasteiger partial charge in [-0.1, -0.05) is 0 Å². The predicted octanol–water partition coefficient (Wildman–Crippen LogP) is 2.59. The van der Waals surface area contributed by atoms with Gasteiger partial charge in [-0.15, -0.1) is 0 Å². The Morgan fingerprint density at radius 1 is 1.27 bits per heavy atom. The fourth-order valence-electron chi connectivity index (χ4n) is 2.23. The third-order valence-corrected chi connectivity index (χ3v) is 4.01.